The van der Waals surface area contributed by atoms with Crippen LogP contribution in [0, 0.1) is 6.92 Å². The highest BCUT2D eigenvalue weighted by Crippen LogP contribution is 2.47. The fraction of sp³-hybridized carbons (Fsp3) is 0.111. The summed E-state index contributed by atoms with van der Waals surface area (Å²) in [6, 6.07) is 4.93. The minimum atomic E-state index is -3.98. The minimum absolute atomic E-state index is 0.272. The number of benzene rings is 1. The Bertz CT molecular complexity index is 397. The summed E-state index contributed by atoms with van der Waals surface area (Å²) in [5.74, 6) is 0.272. The molecule has 0 aliphatic rings. The van der Waals surface area contributed by atoms with Crippen LogP contribution in [0.2, 0.25) is 0 Å². The van der Waals surface area contributed by atoms with E-state index in [9.17, 15) is 4.57 Å². The van der Waals surface area contributed by atoms with Gasteiger partial charge in [-0.3, -0.25) is 0 Å². The van der Waals surface area contributed by atoms with E-state index in [0.717, 1.165) is 11.1 Å². The lowest BCUT2D eigenvalue weighted by molar-refractivity contribution is 0.401. The van der Waals surface area contributed by atoms with E-state index in [1.807, 2.05) is 6.92 Å². The summed E-state index contributed by atoms with van der Waals surface area (Å²) in [4.78, 5) is 8.77. The van der Waals surface area contributed by atoms with Crippen molar-refractivity contribution in [3.05, 3.63) is 35.9 Å². The molecule has 5 heteroatoms. The highest BCUT2D eigenvalue weighted by atomic mass is 35.7. The average molecular weight is 233 g/mol. The van der Waals surface area contributed by atoms with Crippen LogP contribution in [0.4, 0.5) is 0 Å². The van der Waals surface area contributed by atoms with Gasteiger partial charge in [-0.2, -0.15) is 0 Å². The van der Waals surface area contributed by atoms with E-state index in [2.05, 4.69) is 11.1 Å². The summed E-state index contributed by atoms with van der Waals surface area (Å²) >= 11 is 5.06. The van der Waals surface area contributed by atoms with E-state index in [1.165, 1.54) is 0 Å². The van der Waals surface area contributed by atoms with Gasteiger partial charge in [-0.05, 0) is 30.2 Å². The van der Waals surface area contributed by atoms with Crippen molar-refractivity contribution >= 4 is 24.3 Å². The Morgan fingerprint density at radius 2 is 2.29 bits per heavy atom. The lowest BCUT2D eigenvalue weighted by atomic mass is 10.1. The van der Waals surface area contributed by atoms with Gasteiger partial charge < -0.3 is 9.42 Å². The Morgan fingerprint density at radius 1 is 1.64 bits per heavy atom. The summed E-state index contributed by atoms with van der Waals surface area (Å²) in [5.41, 5.74) is 1.85. The Labute approximate surface area is 87.3 Å². The third-order valence-corrected chi connectivity index (χ3v) is 2.32. The van der Waals surface area contributed by atoms with Gasteiger partial charge in [0.15, 0.2) is 0 Å². The molecular formula is C9H10ClO3P. The smallest absolute Gasteiger partial charge is 0.413 e. The first kappa shape index (κ1) is 11.3. The zero-order chi connectivity index (χ0) is 10.8. The van der Waals surface area contributed by atoms with E-state index in [-0.39, 0.29) is 5.75 Å². The Morgan fingerprint density at radius 3 is 2.71 bits per heavy atom. The largest absolute Gasteiger partial charge is 0.474 e. The highest BCUT2D eigenvalue weighted by molar-refractivity contribution is 7.80. The topological polar surface area (TPSA) is 46.5 Å². The van der Waals surface area contributed by atoms with Gasteiger partial charge in [-0.25, -0.2) is 4.57 Å². The maximum absolute atomic E-state index is 10.7. The molecular weight excluding hydrogens is 223 g/mol. The van der Waals surface area contributed by atoms with Crippen LogP contribution in [0.5, 0.6) is 5.75 Å². The molecule has 0 radical (unpaired) electrons. The van der Waals surface area contributed by atoms with Crippen LogP contribution in [-0.4, -0.2) is 4.89 Å². The molecule has 0 saturated carbocycles. The second-order valence-corrected chi connectivity index (χ2v) is 5.13. The number of rotatable bonds is 3. The van der Waals surface area contributed by atoms with Crippen molar-refractivity contribution in [1.29, 1.82) is 0 Å². The fourth-order valence-corrected chi connectivity index (χ4v) is 1.68. The summed E-state index contributed by atoms with van der Waals surface area (Å²) < 4.78 is 15.4. The van der Waals surface area contributed by atoms with Crippen molar-refractivity contribution in [3.63, 3.8) is 0 Å². The second kappa shape index (κ2) is 4.18. The van der Waals surface area contributed by atoms with Crippen molar-refractivity contribution < 1.29 is 14.0 Å². The lowest BCUT2D eigenvalue weighted by Gasteiger charge is -2.08. The molecule has 1 aromatic rings. The summed E-state index contributed by atoms with van der Waals surface area (Å²) in [5, 5.41) is 0. The Kier molecular flexibility index (Phi) is 3.38. The molecule has 76 valence electrons. The van der Waals surface area contributed by atoms with Gasteiger partial charge in [0.1, 0.15) is 5.75 Å². The first-order valence-electron chi connectivity index (χ1n) is 3.87. The first-order valence-corrected chi connectivity index (χ1v) is 6.36. The molecule has 0 aliphatic carbocycles. The van der Waals surface area contributed by atoms with Crippen molar-refractivity contribution in [2.75, 3.05) is 0 Å². The summed E-state index contributed by atoms with van der Waals surface area (Å²) in [6.07, 6.45) is 1.69. The van der Waals surface area contributed by atoms with Crippen molar-refractivity contribution in [2.24, 2.45) is 0 Å². The number of hydrogen-bond acceptors (Lipinski definition) is 2. The number of aryl methyl sites for hydroxylation is 1. The minimum Gasteiger partial charge on any atom is -0.413 e. The highest BCUT2D eigenvalue weighted by Gasteiger charge is 2.15. The molecule has 0 aliphatic heterocycles. The first-order chi connectivity index (χ1) is 6.42. The van der Waals surface area contributed by atoms with Crippen molar-refractivity contribution in [2.45, 2.75) is 6.92 Å². The molecule has 1 aromatic carbocycles. The lowest BCUT2D eigenvalue weighted by Crippen LogP contribution is -1.87. The standard InChI is InChI=1S/C9H10ClO3P/c1-3-8-4-5-9(6-7(8)2)13-14(10,11)12/h3-6H,1H2,2H3,(H,11,12). The maximum atomic E-state index is 10.7. The third-order valence-electron chi connectivity index (χ3n) is 1.68. The molecule has 1 N–H and O–H groups in total. The van der Waals surface area contributed by atoms with Gasteiger partial charge in [-0.15, -0.1) is 0 Å². The van der Waals surface area contributed by atoms with Crippen molar-refractivity contribution in [1.82, 2.24) is 0 Å². The van der Waals surface area contributed by atoms with Crippen LogP contribution >= 0.6 is 18.2 Å². The molecule has 0 aromatic heterocycles. The molecule has 0 amide bonds. The molecule has 0 fully saturated rings. The molecule has 14 heavy (non-hydrogen) atoms. The molecule has 0 bridgehead atoms. The average Bonchev–Trinajstić information content (AvgIpc) is 2.01. The summed E-state index contributed by atoms with van der Waals surface area (Å²) in [6.45, 7) is 1.49. The summed E-state index contributed by atoms with van der Waals surface area (Å²) in [7, 11) is 0. The number of halogens is 1. The molecule has 3 nitrogen and oxygen atoms in total. The van der Waals surface area contributed by atoms with Gasteiger partial charge in [-0.1, -0.05) is 18.7 Å². The van der Waals surface area contributed by atoms with Crippen LogP contribution in [-0.2, 0) is 4.57 Å². The van der Waals surface area contributed by atoms with Gasteiger partial charge in [0, 0.05) is 11.2 Å². The molecule has 0 spiro atoms. The van der Waals surface area contributed by atoms with Crippen LogP contribution in [0.1, 0.15) is 11.1 Å². The SMILES string of the molecule is C=Cc1ccc(OP(=O)(O)Cl)cc1C. The van der Waals surface area contributed by atoms with Gasteiger partial charge in [0.05, 0.1) is 0 Å². The van der Waals surface area contributed by atoms with Crippen molar-refractivity contribution in [3.8, 4) is 5.75 Å². The normalized spacial score (nSPS) is 14.5. The molecule has 0 heterocycles. The van der Waals surface area contributed by atoms with E-state index < -0.39 is 6.95 Å². The quantitative estimate of drug-likeness (QED) is 0.813. The predicted molar refractivity (Wildman–Crippen MR) is 57.6 cm³/mol. The van der Waals surface area contributed by atoms with E-state index in [4.69, 9.17) is 16.1 Å². The Balaban J connectivity index is 2.98. The van der Waals surface area contributed by atoms with Crippen LogP contribution in [0.15, 0.2) is 24.8 Å². The van der Waals surface area contributed by atoms with E-state index in [0.29, 0.717) is 0 Å². The number of hydrogen-bond donors (Lipinski definition) is 1. The van der Waals surface area contributed by atoms with Crippen LogP contribution in [0.3, 0.4) is 0 Å². The van der Waals surface area contributed by atoms with Crippen LogP contribution < -0.4 is 4.52 Å². The fourth-order valence-electron chi connectivity index (χ4n) is 1.06. The second-order valence-electron chi connectivity index (χ2n) is 2.77. The molecule has 1 atom stereocenters. The zero-order valence-corrected chi connectivity index (χ0v) is 9.26. The third kappa shape index (κ3) is 3.18. The van der Waals surface area contributed by atoms with Gasteiger partial charge in [0.25, 0.3) is 0 Å². The van der Waals surface area contributed by atoms with Gasteiger partial charge in [0.2, 0.25) is 0 Å². The molecule has 1 unspecified atom stereocenters. The van der Waals surface area contributed by atoms with E-state index in [1.54, 1.807) is 24.3 Å². The van der Waals surface area contributed by atoms with Crippen LogP contribution in [0.25, 0.3) is 6.08 Å². The maximum Gasteiger partial charge on any atom is 0.474 e. The predicted octanol–water partition coefficient (Wildman–Crippen LogP) is 3.36. The molecule has 1 rings (SSSR count). The Hall–Kier alpha value is -0.760. The molecule has 0 saturated heterocycles. The van der Waals surface area contributed by atoms with Gasteiger partial charge >= 0.3 is 6.95 Å². The zero-order valence-electron chi connectivity index (χ0n) is 7.61. The van der Waals surface area contributed by atoms with E-state index >= 15 is 0 Å². The monoisotopic (exact) mass is 232 g/mol.